The number of ketones is 1. The van der Waals surface area contributed by atoms with Crippen LogP contribution in [0.2, 0.25) is 15.1 Å². The summed E-state index contributed by atoms with van der Waals surface area (Å²) < 4.78 is 11.8. The van der Waals surface area contributed by atoms with Crippen LogP contribution in [0.5, 0.6) is 5.75 Å². The third-order valence-corrected chi connectivity index (χ3v) is 7.44. The van der Waals surface area contributed by atoms with Crippen molar-refractivity contribution in [2.24, 2.45) is 0 Å². The summed E-state index contributed by atoms with van der Waals surface area (Å²) >= 11 is 20.0. The summed E-state index contributed by atoms with van der Waals surface area (Å²) in [5.74, 6) is -0.479. The zero-order chi connectivity index (χ0) is 24.0. The molecule has 3 aromatic carbocycles. The van der Waals surface area contributed by atoms with Crippen LogP contribution in [0, 0.1) is 0 Å². The SMILES string of the molecule is COc1ccc(C(=O)c2oc3ccccc3c2NC(=O)c2sc3cc(Cl)ccc3c2Cl)cc1Cl. The molecule has 0 spiro atoms. The highest BCUT2D eigenvalue weighted by molar-refractivity contribution is 7.21. The van der Waals surface area contributed by atoms with Crippen LogP contribution in [0.15, 0.2) is 65.1 Å². The molecule has 0 aliphatic heterocycles. The Balaban J connectivity index is 1.58. The summed E-state index contributed by atoms with van der Waals surface area (Å²) in [5.41, 5.74) is 0.994. The van der Waals surface area contributed by atoms with Gasteiger partial charge in [0.25, 0.3) is 5.91 Å². The standard InChI is InChI=1S/C25H14Cl3NO4S/c1-32-18-9-6-12(10-16(18)27)22(30)23-21(14-4-2-3-5-17(14)33-23)29-25(31)24-20(28)15-8-7-13(26)11-19(15)34-24/h2-11H,1H3,(H,29,31). The lowest BCUT2D eigenvalue weighted by atomic mass is 10.1. The largest absolute Gasteiger partial charge is 0.495 e. The molecule has 2 aromatic heterocycles. The molecule has 1 amide bonds. The summed E-state index contributed by atoms with van der Waals surface area (Å²) in [4.78, 5) is 26.9. The lowest BCUT2D eigenvalue weighted by molar-refractivity contribution is 0.101. The van der Waals surface area contributed by atoms with Gasteiger partial charge in [-0.2, -0.15) is 0 Å². The zero-order valence-electron chi connectivity index (χ0n) is 17.4. The van der Waals surface area contributed by atoms with Gasteiger partial charge in [0.15, 0.2) is 5.76 Å². The molecule has 0 aliphatic rings. The number of nitrogens with one attached hydrogen (secondary N) is 1. The summed E-state index contributed by atoms with van der Waals surface area (Å²) in [6.45, 7) is 0. The molecule has 0 bridgehead atoms. The molecule has 170 valence electrons. The molecule has 0 saturated heterocycles. The lowest BCUT2D eigenvalue weighted by Crippen LogP contribution is -2.13. The summed E-state index contributed by atoms with van der Waals surface area (Å²) in [7, 11) is 1.49. The number of fused-ring (bicyclic) bond motifs is 2. The number of hydrogen-bond acceptors (Lipinski definition) is 5. The van der Waals surface area contributed by atoms with Crippen LogP contribution >= 0.6 is 46.1 Å². The summed E-state index contributed by atoms with van der Waals surface area (Å²) in [6.07, 6.45) is 0. The number of carbonyl (C=O) groups is 2. The Labute approximate surface area is 212 Å². The van der Waals surface area contributed by atoms with Gasteiger partial charge in [-0.3, -0.25) is 9.59 Å². The van der Waals surface area contributed by atoms with Crippen LogP contribution in [-0.4, -0.2) is 18.8 Å². The molecule has 5 aromatic rings. The van der Waals surface area contributed by atoms with Crippen molar-refractivity contribution in [1.29, 1.82) is 0 Å². The normalized spacial score (nSPS) is 11.2. The third kappa shape index (κ3) is 3.93. The van der Waals surface area contributed by atoms with E-state index in [0.717, 1.165) is 10.1 Å². The fourth-order valence-electron chi connectivity index (χ4n) is 3.62. The molecule has 0 atom stereocenters. The highest BCUT2D eigenvalue weighted by atomic mass is 35.5. The minimum atomic E-state index is -0.462. The van der Waals surface area contributed by atoms with Crippen LogP contribution in [0.25, 0.3) is 21.1 Å². The van der Waals surface area contributed by atoms with Gasteiger partial charge < -0.3 is 14.5 Å². The number of halogens is 3. The van der Waals surface area contributed by atoms with Crippen molar-refractivity contribution in [3.8, 4) is 5.75 Å². The number of rotatable bonds is 5. The predicted octanol–water partition coefficient (Wildman–Crippen LogP) is 8.10. The van der Waals surface area contributed by atoms with Gasteiger partial charge in [-0.05, 0) is 42.5 Å². The van der Waals surface area contributed by atoms with Crippen molar-refractivity contribution in [2.75, 3.05) is 12.4 Å². The highest BCUT2D eigenvalue weighted by Gasteiger charge is 2.26. The molecule has 2 heterocycles. The number of para-hydroxylation sites is 1. The number of carbonyl (C=O) groups excluding carboxylic acids is 2. The second kappa shape index (κ2) is 8.96. The van der Waals surface area contributed by atoms with E-state index >= 15 is 0 Å². The van der Waals surface area contributed by atoms with Gasteiger partial charge in [0.2, 0.25) is 5.78 Å². The number of thiophene rings is 1. The molecule has 0 saturated carbocycles. The van der Waals surface area contributed by atoms with Crippen molar-refractivity contribution in [1.82, 2.24) is 0 Å². The van der Waals surface area contributed by atoms with Gasteiger partial charge in [-0.25, -0.2) is 0 Å². The molecule has 9 heteroatoms. The molecule has 0 unspecified atom stereocenters. The first kappa shape index (κ1) is 22.7. The van der Waals surface area contributed by atoms with E-state index in [1.165, 1.54) is 24.5 Å². The predicted molar refractivity (Wildman–Crippen MR) is 137 cm³/mol. The molecule has 0 fully saturated rings. The van der Waals surface area contributed by atoms with E-state index in [-0.39, 0.29) is 22.0 Å². The first-order chi connectivity index (χ1) is 16.4. The van der Waals surface area contributed by atoms with Crippen LogP contribution in [-0.2, 0) is 0 Å². The van der Waals surface area contributed by atoms with Crippen LogP contribution in [0.3, 0.4) is 0 Å². The molecule has 1 N–H and O–H groups in total. The second-order valence-electron chi connectivity index (χ2n) is 7.32. The first-order valence-corrected chi connectivity index (χ1v) is 11.9. The quantitative estimate of drug-likeness (QED) is 0.233. The average molecular weight is 531 g/mol. The number of amides is 1. The number of hydrogen-bond donors (Lipinski definition) is 1. The maximum absolute atomic E-state index is 13.4. The molecule has 34 heavy (non-hydrogen) atoms. The van der Waals surface area contributed by atoms with E-state index in [1.807, 2.05) is 0 Å². The Kier molecular flexibility index (Phi) is 6.00. The molecular weight excluding hydrogens is 517 g/mol. The van der Waals surface area contributed by atoms with Crippen molar-refractivity contribution < 1.29 is 18.7 Å². The topological polar surface area (TPSA) is 68.5 Å². The van der Waals surface area contributed by atoms with E-state index in [0.29, 0.717) is 31.6 Å². The first-order valence-electron chi connectivity index (χ1n) is 9.96. The minimum absolute atomic E-state index is 0.0175. The Morgan fingerprint density at radius 1 is 0.971 bits per heavy atom. The highest BCUT2D eigenvalue weighted by Crippen LogP contribution is 2.39. The van der Waals surface area contributed by atoms with Gasteiger partial charge in [-0.15, -0.1) is 11.3 Å². The number of anilines is 1. The van der Waals surface area contributed by atoms with Crippen molar-refractivity contribution in [3.05, 3.63) is 91.9 Å². The van der Waals surface area contributed by atoms with Gasteiger partial charge >= 0.3 is 0 Å². The monoisotopic (exact) mass is 529 g/mol. The molecule has 5 rings (SSSR count). The van der Waals surface area contributed by atoms with Crippen LogP contribution < -0.4 is 10.1 Å². The fourth-order valence-corrected chi connectivity index (χ4v) is 5.57. The van der Waals surface area contributed by atoms with Gasteiger partial charge in [0.05, 0.1) is 22.8 Å². The Bertz CT molecular complexity index is 1610. The number of benzene rings is 3. The van der Waals surface area contributed by atoms with E-state index in [2.05, 4.69) is 5.32 Å². The number of furan rings is 1. The van der Waals surface area contributed by atoms with E-state index < -0.39 is 11.7 Å². The van der Waals surface area contributed by atoms with Crippen molar-refractivity contribution >= 4 is 84.6 Å². The molecular formula is C25H14Cl3NO4S. The van der Waals surface area contributed by atoms with E-state index in [4.69, 9.17) is 44.0 Å². The number of methoxy groups -OCH3 is 1. The average Bonchev–Trinajstić information content (AvgIpc) is 3.36. The third-order valence-electron chi connectivity index (χ3n) is 5.25. The maximum Gasteiger partial charge on any atom is 0.267 e. The van der Waals surface area contributed by atoms with Gasteiger partial charge in [0.1, 0.15) is 16.2 Å². The molecule has 0 aliphatic carbocycles. The molecule has 5 nitrogen and oxygen atoms in total. The maximum atomic E-state index is 13.4. The van der Waals surface area contributed by atoms with E-state index in [9.17, 15) is 9.59 Å². The second-order valence-corrected chi connectivity index (χ2v) is 9.59. The lowest BCUT2D eigenvalue weighted by Gasteiger charge is -2.07. The fraction of sp³-hybridized carbons (Fsp3) is 0.0400. The summed E-state index contributed by atoms with van der Waals surface area (Å²) in [5, 5.41) is 5.29. The van der Waals surface area contributed by atoms with E-state index in [1.54, 1.807) is 54.6 Å². The zero-order valence-corrected chi connectivity index (χ0v) is 20.5. The van der Waals surface area contributed by atoms with Crippen LogP contribution in [0.4, 0.5) is 5.69 Å². The van der Waals surface area contributed by atoms with Crippen molar-refractivity contribution in [2.45, 2.75) is 0 Å². The molecule has 0 radical (unpaired) electrons. The van der Waals surface area contributed by atoms with Gasteiger partial charge in [-0.1, -0.05) is 53.0 Å². The Morgan fingerprint density at radius 3 is 2.53 bits per heavy atom. The smallest absolute Gasteiger partial charge is 0.267 e. The Hall–Kier alpha value is -3.03. The minimum Gasteiger partial charge on any atom is -0.495 e. The number of ether oxygens (including phenoxy) is 1. The van der Waals surface area contributed by atoms with Crippen LogP contribution in [0.1, 0.15) is 25.8 Å². The Morgan fingerprint density at radius 2 is 1.76 bits per heavy atom. The van der Waals surface area contributed by atoms with Gasteiger partial charge in [0, 0.05) is 26.1 Å². The summed E-state index contributed by atoms with van der Waals surface area (Å²) in [6, 6.07) is 17.0. The van der Waals surface area contributed by atoms with Crippen molar-refractivity contribution in [3.63, 3.8) is 0 Å².